The van der Waals surface area contributed by atoms with Crippen molar-refractivity contribution in [2.24, 2.45) is 13.0 Å². The number of ether oxygens (including phenoxy) is 1. The molecule has 2 heterocycles. The van der Waals surface area contributed by atoms with Crippen LogP contribution in [0.25, 0.3) is 11.0 Å². The van der Waals surface area contributed by atoms with Crippen molar-refractivity contribution in [1.29, 1.82) is 0 Å². The van der Waals surface area contributed by atoms with Crippen molar-refractivity contribution in [3.05, 3.63) is 29.8 Å². The first-order valence-corrected chi connectivity index (χ1v) is 8.06. The van der Waals surface area contributed by atoms with Gasteiger partial charge in [-0.1, -0.05) is 0 Å². The van der Waals surface area contributed by atoms with Crippen LogP contribution in [0.3, 0.4) is 0 Å². The smallest absolute Gasteiger partial charge is 0.225 e. The molecule has 0 radical (unpaired) electrons. The summed E-state index contributed by atoms with van der Waals surface area (Å²) in [5, 5.41) is 2.97. The molecule has 1 N–H and O–H groups in total. The van der Waals surface area contributed by atoms with Crippen molar-refractivity contribution in [1.82, 2.24) is 14.9 Å². The molecule has 1 saturated heterocycles. The van der Waals surface area contributed by atoms with Gasteiger partial charge in [-0.3, -0.25) is 4.79 Å². The fourth-order valence-corrected chi connectivity index (χ4v) is 3.14. The number of amides is 1. The topological polar surface area (TPSA) is 56.1 Å². The van der Waals surface area contributed by atoms with Crippen molar-refractivity contribution in [2.45, 2.75) is 32.3 Å². The Morgan fingerprint density at radius 1 is 1.52 bits per heavy atom. The Morgan fingerprint density at radius 2 is 2.35 bits per heavy atom. The van der Waals surface area contributed by atoms with E-state index in [1.54, 1.807) is 6.07 Å². The van der Waals surface area contributed by atoms with Crippen LogP contribution in [0.4, 0.5) is 4.39 Å². The van der Waals surface area contributed by atoms with E-state index in [1.807, 2.05) is 18.5 Å². The molecular formula is C17H22FN3O2. The van der Waals surface area contributed by atoms with Crippen LogP contribution < -0.4 is 5.32 Å². The van der Waals surface area contributed by atoms with Crippen molar-refractivity contribution in [3.8, 4) is 0 Å². The van der Waals surface area contributed by atoms with Crippen LogP contribution in [0.5, 0.6) is 0 Å². The number of halogens is 1. The number of aromatic nitrogens is 2. The fraction of sp³-hybridized carbons (Fsp3) is 0.529. The van der Waals surface area contributed by atoms with Gasteiger partial charge in [-0.25, -0.2) is 9.37 Å². The van der Waals surface area contributed by atoms with Crippen LogP contribution in [0, 0.1) is 11.7 Å². The molecule has 6 heteroatoms. The van der Waals surface area contributed by atoms with Gasteiger partial charge in [0, 0.05) is 32.7 Å². The Hall–Kier alpha value is -1.95. The third-order valence-corrected chi connectivity index (χ3v) is 4.53. The lowest BCUT2D eigenvalue weighted by Crippen LogP contribution is -2.41. The van der Waals surface area contributed by atoms with E-state index in [1.165, 1.54) is 12.1 Å². The van der Waals surface area contributed by atoms with E-state index in [2.05, 4.69) is 10.3 Å². The summed E-state index contributed by atoms with van der Waals surface area (Å²) in [7, 11) is 1.90. The van der Waals surface area contributed by atoms with Crippen molar-refractivity contribution in [2.75, 3.05) is 13.2 Å². The van der Waals surface area contributed by atoms with Gasteiger partial charge in [-0.2, -0.15) is 0 Å². The van der Waals surface area contributed by atoms with Crippen molar-refractivity contribution in [3.63, 3.8) is 0 Å². The molecule has 0 aliphatic carbocycles. The standard InChI is InChI=1S/C17H22FN3O2/c1-11-13(4-3-9-23-11)17(22)19-8-7-16-20-14-10-12(18)5-6-15(14)21(16)2/h5-6,10-11,13H,3-4,7-9H2,1-2H3,(H,19,22)/t11-,13-/m0/s1. The quantitative estimate of drug-likeness (QED) is 0.940. The van der Waals surface area contributed by atoms with Gasteiger partial charge < -0.3 is 14.6 Å². The highest BCUT2D eigenvalue weighted by Crippen LogP contribution is 2.20. The Kier molecular flexibility index (Phi) is 4.61. The SMILES string of the molecule is C[C@@H]1OCCC[C@@H]1C(=O)NCCc1nc2cc(F)ccc2n1C. The van der Waals surface area contributed by atoms with Crippen LogP contribution in [0.15, 0.2) is 18.2 Å². The van der Waals surface area contributed by atoms with Gasteiger partial charge in [-0.15, -0.1) is 0 Å². The number of rotatable bonds is 4. The van der Waals surface area contributed by atoms with Gasteiger partial charge in [0.1, 0.15) is 11.6 Å². The molecule has 3 rings (SSSR count). The minimum Gasteiger partial charge on any atom is -0.378 e. The van der Waals surface area contributed by atoms with Gasteiger partial charge in [0.05, 0.1) is 23.1 Å². The summed E-state index contributed by atoms with van der Waals surface area (Å²) in [5.41, 5.74) is 1.53. The molecule has 0 spiro atoms. The second-order valence-corrected chi connectivity index (χ2v) is 6.09. The second kappa shape index (κ2) is 6.66. The number of carbonyl (C=O) groups excluding carboxylic acids is 1. The zero-order valence-electron chi connectivity index (χ0n) is 13.5. The summed E-state index contributed by atoms with van der Waals surface area (Å²) < 4.78 is 20.7. The molecule has 1 aliphatic heterocycles. The molecule has 0 bridgehead atoms. The number of benzene rings is 1. The summed E-state index contributed by atoms with van der Waals surface area (Å²) in [6.45, 7) is 3.20. The zero-order valence-corrected chi connectivity index (χ0v) is 13.5. The third kappa shape index (κ3) is 3.37. The third-order valence-electron chi connectivity index (χ3n) is 4.53. The summed E-state index contributed by atoms with van der Waals surface area (Å²) >= 11 is 0. The molecule has 0 saturated carbocycles. The zero-order chi connectivity index (χ0) is 16.4. The molecule has 124 valence electrons. The van der Waals surface area contributed by atoms with Crippen LogP contribution in [0.2, 0.25) is 0 Å². The Labute approximate surface area is 134 Å². The number of carbonyl (C=O) groups is 1. The highest BCUT2D eigenvalue weighted by molar-refractivity contribution is 5.79. The number of imidazole rings is 1. The van der Waals surface area contributed by atoms with E-state index in [9.17, 15) is 9.18 Å². The maximum absolute atomic E-state index is 13.3. The fourth-order valence-electron chi connectivity index (χ4n) is 3.14. The number of aryl methyl sites for hydroxylation is 1. The molecule has 23 heavy (non-hydrogen) atoms. The lowest BCUT2D eigenvalue weighted by atomic mass is 9.94. The monoisotopic (exact) mass is 319 g/mol. The van der Waals surface area contributed by atoms with E-state index < -0.39 is 0 Å². The number of fused-ring (bicyclic) bond motifs is 1. The van der Waals surface area contributed by atoms with Gasteiger partial charge in [0.25, 0.3) is 0 Å². The van der Waals surface area contributed by atoms with Gasteiger partial charge in [0.15, 0.2) is 0 Å². The normalized spacial score (nSPS) is 21.5. The molecule has 1 aromatic carbocycles. The Balaban J connectivity index is 1.60. The lowest BCUT2D eigenvalue weighted by Gasteiger charge is -2.27. The molecule has 1 aliphatic rings. The minimum absolute atomic E-state index is 0.0255. The first kappa shape index (κ1) is 15.9. The van der Waals surface area contributed by atoms with Gasteiger partial charge >= 0.3 is 0 Å². The average Bonchev–Trinajstić information content (AvgIpc) is 2.83. The van der Waals surface area contributed by atoms with Crippen molar-refractivity contribution >= 4 is 16.9 Å². The van der Waals surface area contributed by atoms with Crippen molar-refractivity contribution < 1.29 is 13.9 Å². The highest BCUT2D eigenvalue weighted by Gasteiger charge is 2.28. The molecule has 2 aromatic rings. The minimum atomic E-state index is -0.290. The van der Waals surface area contributed by atoms with Crippen LogP contribution in [0.1, 0.15) is 25.6 Å². The molecule has 5 nitrogen and oxygen atoms in total. The number of hydrogen-bond acceptors (Lipinski definition) is 3. The van der Waals surface area contributed by atoms with E-state index in [0.29, 0.717) is 18.5 Å². The maximum Gasteiger partial charge on any atom is 0.225 e. The van der Waals surface area contributed by atoms with Crippen LogP contribution >= 0.6 is 0 Å². The first-order valence-electron chi connectivity index (χ1n) is 8.06. The lowest BCUT2D eigenvalue weighted by molar-refractivity contribution is -0.133. The summed E-state index contributed by atoms with van der Waals surface area (Å²) in [4.78, 5) is 16.7. The predicted octanol–water partition coefficient (Wildman–Crippen LogP) is 2.19. The molecule has 0 unspecified atom stereocenters. The summed E-state index contributed by atoms with van der Waals surface area (Å²) in [5.74, 6) is 0.515. The summed E-state index contributed by atoms with van der Waals surface area (Å²) in [6, 6.07) is 4.58. The van der Waals surface area contributed by atoms with E-state index in [0.717, 1.165) is 30.8 Å². The summed E-state index contributed by atoms with van der Waals surface area (Å²) in [6.07, 6.45) is 2.39. The number of hydrogen-bond donors (Lipinski definition) is 1. The molecule has 1 aromatic heterocycles. The molecule has 1 fully saturated rings. The molecular weight excluding hydrogens is 297 g/mol. The van der Waals surface area contributed by atoms with Crippen LogP contribution in [-0.2, 0) is 23.0 Å². The first-order chi connectivity index (χ1) is 11.1. The van der Waals surface area contributed by atoms with E-state index in [4.69, 9.17) is 4.74 Å². The average molecular weight is 319 g/mol. The van der Waals surface area contributed by atoms with Crippen LogP contribution in [-0.4, -0.2) is 34.7 Å². The van der Waals surface area contributed by atoms with Gasteiger partial charge in [0.2, 0.25) is 5.91 Å². The maximum atomic E-state index is 13.3. The Morgan fingerprint density at radius 3 is 3.13 bits per heavy atom. The predicted molar refractivity (Wildman–Crippen MR) is 85.5 cm³/mol. The van der Waals surface area contributed by atoms with Gasteiger partial charge in [-0.05, 0) is 31.9 Å². The van der Waals surface area contributed by atoms with E-state index in [-0.39, 0.29) is 23.7 Å². The second-order valence-electron chi connectivity index (χ2n) is 6.09. The highest BCUT2D eigenvalue weighted by atomic mass is 19.1. The molecule has 2 atom stereocenters. The largest absolute Gasteiger partial charge is 0.378 e. The Bertz CT molecular complexity index is 713. The molecule has 1 amide bonds. The number of nitrogens with zero attached hydrogens (tertiary/aromatic N) is 2. The number of nitrogens with one attached hydrogen (secondary N) is 1. The van der Waals surface area contributed by atoms with E-state index >= 15 is 0 Å².